The SMILES string of the molecule is Cc1ncc(C(C)(O)CNc2cccc(C(F)(F)F)n2)c(C2CCN(C(=O)OC(C)(C)C)CC2)n1. The molecule has 1 fully saturated rings. The van der Waals surface area contributed by atoms with Crippen molar-refractivity contribution in [1.29, 1.82) is 0 Å². The van der Waals surface area contributed by atoms with Gasteiger partial charge in [0.1, 0.15) is 28.5 Å². The third kappa shape index (κ3) is 7.03. The Morgan fingerprint density at radius 3 is 2.43 bits per heavy atom. The van der Waals surface area contributed by atoms with Crippen LogP contribution in [0.15, 0.2) is 24.4 Å². The Kier molecular flexibility index (Phi) is 7.59. The second-order valence-corrected chi connectivity index (χ2v) is 9.99. The van der Waals surface area contributed by atoms with Crippen LogP contribution < -0.4 is 5.32 Å². The first-order chi connectivity index (χ1) is 16.2. The van der Waals surface area contributed by atoms with Gasteiger partial charge in [-0.25, -0.2) is 19.7 Å². The van der Waals surface area contributed by atoms with E-state index < -0.39 is 23.1 Å². The maximum atomic E-state index is 13.0. The van der Waals surface area contributed by atoms with Crippen LogP contribution in [0.25, 0.3) is 0 Å². The Bertz CT molecular complexity index is 1050. The van der Waals surface area contributed by atoms with Crippen molar-refractivity contribution >= 4 is 11.9 Å². The number of hydrogen-bond donors (Lipinski definition) is 2. The summed E-state index contributed by atoms with van der Waals surface area (Å²) in [6.45, 7) is 9.63. The van der Waals surface area contributed by atoms with E-state index in [-0.39, 0.29) is 24.4 Å². The van der Waals surface area contributed by atoms with Crippen molar-refractivity contribution in [2.24, 2.45) is 0 Å². The number of nitrogens with one attached hydrogen (secondary N) is 1. The first-order valence-corrected chi connectivity index (χ1v) is 11.5. The van der Waals surface area contributed by atoms with Gasteiger partial charge in [-0.3, -0.25) is 0 Å². The van der Waals surface area contributed by atoms with E-state index in [1.54, 1.807) is 24.9 Å². The third-order valence-electron chi connectivity index (χ3n) is 5.71. The second-order valence-electron chi connectivity index (χ2n) is 9.99. The fourth-order valence-electron chi connectivity index (χ4n) is 3.92. The minimum absolute atomic E-state index is 0.000323. The molecule has 1 amide bonds. The Morgan fingerprint density at radius 1 is 1.17 bits per heavy atom. The van der Waals surface area contributed by atoms with Gasteiger partial charge in [0.15, 0.2) is 0 Å². The number of pyridine rings is 1. The predicted octanol–water partition coefficient (Wildman–Crippen LogP) is 4.63. The van der Waals surface area contributed by atoms with E-state index in [1.807, 2.05) is 20.8 Å². The zero-order valence-electron chi connectivity index (χ0n) is 20.6. The summed E-state index contributed by atoms with van der Waals surface area (Å²) in [5.74, 6) is 0.519. The van der Waals surface area contributed by atoms with Gasteiger partial charge in [-0.2, -0.15) is 13.2 Å². The van der Waals surface area contributed by atoms with Crippen molar-refractivity contribution in [3.8, 4) is 0 Å². The number of piperidine rings is 1. The number of nitrogens with zero attached hydrogens (tertiary/aromatic N) is 4. The fraction of sp³-hybridized carbons (Fsp3) is 0.583. The molecule has 1 unspecified atom stereocenters. The summed E-state index contributed by atoms with van der Waals surface area (Å²) in [6, 6.07) is 3.55. The molecule has 0 bridgehead atoms. The van der Waals surface area contributed by atoms with Crippen molar-refractivity contribution in [3.05, 3.63) is 47.2 Å². The minimum Gasteiger partial charge on any atom is -0.444 e. The van der Waals surface area contributed by atoms with Crippen LogP contribution in [0, 0.1) is 6.92 Å². The summed E-state index contributed by atoms with van der Waals surface area (Å²) in [5.41, 5.74) is -1.92. The van der Waals surface area contributed by atoms with Crippen LogP contribution in [-0.4, -0.2) is 56.3 Å². The molecule has 0 aliphatic carbocycles. The number of aliphatic hydroxyl groups is 1. The lowest BCUT2D eigenvalue weighted by Gasteiger charge is -2.35. The van der Waals surface area contributed by atoms with E-state index in [9.17, 15) is 23.1 Å². The summed E-state index contributed by atoms with van der Waals surface area (Å²) in [7, 11) is 0. The molecule has 11 heteroatoms. The molecular weight excluding hydrogens is 463 g/mol. The maximum Gasteiger partial charge on any atom is 0.433 e. The van der Waals surface area contributed by atoms with Crippen LogP contribution in [0.5, 0.6) is 0 Å². The average Bonchev–Trinajstić information content (AvgIpc) is 2.76. The highest BCUT2D eigenvalue weighted by molar-refractivity contribution is 5.68. The molecule has 2 aromatic rings. The lowest BCUT2D eigenvalue weighted by atomic mass is 9.85. The van der Waals surface area contributed by atoms with E-state index in [1.165, 1.54) is 12.1 Å². The third-order valence-corrected chi connectivity index (χ3v) is 5.71. The molecule has 3 heterocycles. The van der Waals surface area contributed by atoms with E-state index in [0.29, 0.717) is 43.0 Å². The quantitative estimate of drug-likeness (QED) is 0.624. The lowest BCUT2D eigenvalue weighted by molar-refractivity contribution is -0.141. The van der Waals surface area contributed by atoms with Gasteiger partial charge >= 0.3 is 12.3 Å². The summed E-state index contributed by atoms with van der Waals surface area (Å²) in [4.78, 5) is 26.5. The number of carbonyl (C=O) groups is 1. The van der Waals surface area contributed by atoms with Gasteiger partial charge in [0.2, 0.25) is 0 Å². The number of aromatic nitrogens is 3. The number of hydrogen-bond acceptors (Lipinski definition) is 7. The highest BCUT2D eigenvalue weighted by Crippen LogP contribution is 2.34. The van der Waals surface area contributed by atoms with Crippen molar-refractivity contribution < 1.29 is 27.8 Å². The molecule has 3 rings (SSSR count). The van der Waals surface area contributed by atoms with Crippen LogP contribution in [0.1, 0.15) is 69.2 Å². The molecule has 2 aromatic heterocycles. The smallest absolute Gasteiger partial charge is 0.433 e. The molecule has 1 atom stereocenters. The molecule has 35 heavy (non-hydrogen) atoms. The molecule has 2 N–H and O–H groups in total. The molecule has 8 nitrogen and oxygen atoms in total. The number of alkyl halides is 3. The number of aryl methyl sites for hydroxylation is 1. The van der Waals surface area contributed by atoms with Crippen LogP contribution in [-0.2, 0) is 16.5 Å². The monoisotopic (exact) mass is 495 g/mol. The number of amides is 1. The van der Waals surface area contributed by atoms with Crippen molar-refractivity contribution in [1.82, 2.24) is 19.9 Å². The molecule has 0 saturated carbocycles. The summed E-state index contributed by atoms with van der Waals surface area (Å²) >= 11 is 0. The fourth-order valence-corrected chi connectivity index (χ4v) is 3.92. The Balaban J connectivity index is 1.74. The molecule has 192 valence electrons. The topological polar surface area (TPSA) is 100 Å². The summed E-state index contributed by atoms with van der Waals surface area (Å²) < 4.78 is 44.4. The average molecular weight is 496 g/mol. The van der Waals surface area contributed by atoms with E-state index in [4.69, 9.17) is 4.74 Å². The van der Waals surface area contributed by atoms with Crippen molar-refractivity contribution in [3.63, 3.8) is 0 Å². The number of ether oxygens (including phenoxy) is 1. The molecule has 0 spiro atoms. The number of likely N-dealkylation sites (tertiary alicyclic amines) is 1. The second kappa shape index (κ2) is 9.96. The number of carbonyl (C=O) groups excluding carboxylic acids is 1. The molecule has 0 aromatic carbocycles. The Labute approximate surface area is 202 Å². The molecule has 1 aliphatic heterocycles. The largest absolute Gasteiger partial charge is 0.444 e. The molecule has 0 radical (unpaired) electrons. The number of anilines is 1. The normalized spacial score (nSPS) is 17.1. The van der Waals surface area contributed by atoms with Crippen LogP contribution >= 0.6 is 0 Å². The molecule has 1 saturated heterocycles. The van der Waals surface area contributed by atoms with Crippen LogP contribution in [0.4, 0.5) is 23.8 Å². The molecular formula is C24H32F3N5O3. The van der Waals surface area contributed by atoms with Crippen LogP contribution in [0.2, 0.25) is 0 Å². The van der Waals surface area contributed by atoms with Gasteiger partial charge < -0.3 is 20.1 Å². The van der Waals surface area contributed by atoms with Gasteiger partial charge in [0, 0.05) is 37.3 Å². The lowest BCUT2D eigenvalue weighted by Crippen LogP contribution is -2.42. The zero-order chi connectivity index (χ0) is 26.0. The summed E-state index contributed by atoms with van der Waals surface area (Å²) in [6.07, 6.45) is -2.12. The highest BCUT2D eigenvalue weighted by atomic mass is 19.4. The minimum atomic E-state index is -4.56. The van der Waals surface area contributed by atoms with Crippen molar-refractivity contribution in [2.45, 2.75) is 70.8 Å². The first-order valence-electron chi connectivity index (χ1n) is 11.5. The van der Waals surface area contributed by atoms with Gasteiger partial charge in [-0.1, -0.05) is 6.07 Å². The van der Waals surface area contributed by atoms with Gasteiger partial charge in [-0.15, -0.1) is 0 Å². The maximum absolute atomic E-state index is 13.0. The Morgan fingerprint density at radius 2 is 1.83 bits per heavy atom. The van der Waals surface area contributed by atoms with E-state index in [2.05, 4.69) is 20.3 Å². The standard InChI is InChI=1S/C24H32F3N5O3/c1-15-28-13-17(23(5,34)14-29-19-8-6-7-18(31-19)24(25,26)27)20(30-15)16-9-11-32(12-10-16)21(33)35-22(2,3)4/h6-8,13,16,34H,9-12,14H2,1-5H3,(H,29,31). The van der Waals surface area contributed by atoms with Gasteiger partial charge in [-0.05, 0) is 59.6 Å². The van der Waals surface area contributed by atoms with Gasteiger partial charge in [0.25, 0.3) is 0 Å². The Hall–Kier alpha value is -2.95. The molecule has 1 aliphatic rings. The zero-order valence-corrected chi connectivity index (χ0v) is 20.6. The predicted molar refractivity (Wildman–Crippen MR) is 124 cm³/mol. The number of halogens is 3. The van der Waals surface area contributed by atoms with E-state index in [0.717, 1.165) is 6.07 Å². The van der Waals surface area contributed by atoms with E-state index >= 15 is 0 Å². The highest BCUT2D eigenvalue weighted by Gasteiger charge is 2.35. The van der Waals surface area contributed by atoms with Crippen LogP contribution in [0.3, 0.4) is 0 Å². The van der Waals surface area contributed by atoms with Crippen molar-refractivity contribution in [2.75, 3.05) is 25.0 Å². The number of rotatable bonds is 5. The summed E-state index contributed by atoms with van der Waals surface area (Å²) in [5, 5.41) is 14.1. The first kappa shape index (κ1) is 26.7. The van der Waals surface area contributed by atoms with Gasteiger partial charge in [0.05, 0.1) is 5.69 Å².